The lowest BCUT2D eigenvalue weighted by molar-refractivity contribution is 0.416. The number of nitrogens with two attached hydrogens (primary N) is 1. The molecule has 1 aliphatic rings. The maximum atomic E-state index is 6.14. The van der Waals surface area contributed by atoms with E-state index < -0.39 is 0 Å². The molecule has 1 aliphatic carbocycles. The van der Waals surface area contributed by atoms with Crippen molar-refractivity contribution in [3.63, 3.8) is 0 Å². The fraction of sp³-hybridized carbons (Fsp3) is 0.438. The Morgan fingerprint density at radius 2 is 2.05 bits per heavy atom. The number of rotatable bonds is 4. The zero-order valence-corrected chi connectivity index (χ0v) is 11.2. The van der Waals surface area contributed by atoms with Gasteiger partial charge in [0.15, 0.2) is 0 Å². The third kappa shape index (κ3) is 2.71. The molecule has 1 heterocycles. The summed E-state index contributed by atoms with van der Waals surface area (Å²) >= 11 is 0. The number of hydrogen-bond acceptors (Lipinski definition) is 2. The Hall–Kier alpha value is -1.61. The van der Waals surface area contributed by atoms with Gasteiger partial charge < -0.3 is 10.3 Å². The zero-order chi connectivity index (χ0) is 13.1. The molecular formula is C16H21N3. The van der Waals surface area contributed by atoms with Crippen LogP contribution >= 0.6 is 0 Å². The molecule has 3 rings (SSSR count). The van der Waals surface area contributed by atoms with Gasteiger partial charge in [-0.2, -0.15) is 0 Å². The molecule has 3 heteroatoms. The molecule has 1 fully saturated rings. The van der Waals surface area contributed by atoms with Gasteiger partial charge in [-0.3, -0.25) is 0 Å². The summed E-state index contributed by atoms with van der Waals surface area (Å²) in [7, 11) is 0. The summed E-state index contributed by atoms with van der Waals surface area (Å²) in [5.41, 5.74) is 7.33. The number of hydrogen-bond donors (Lipinski definition) is 1. The number of imidazole rings is 1. The minimum absolute atomic E-state index is 0.406. The highest BCUT2D eigenvalue weighted by atomic mass is 15.1. The Labute approximate surface area is 114 Å². The Balaban J connectivity index is 1.71. The summed E-state index contributed by atoms with van der Waals surface area (Å²) < 4.78 is 2.25. The summed E-state index contributed by atoms with van der Waals surface area (Å²) in [5, 5.41) is 0. The smallest absolute Gasteiger partial charge is 0.139 e. The van der Waals surface area contributed by atoms with Crippen molar-refractivity contribution in [3.05, 3.63) is 42.7 Å². The predicted molar refractivity (Wildman–Crippen MR) is 77.6 cm³/mol. The van der Waals surface area contributed by atoms with E-state index in [0.29, 0.717) is 12.0 Å². The van der Waals surface area contributed by atoms with E-state index in [0.717, 1.165) is 18.8 Å². The molecule has 2 atom stereocenters. The van der Waals surface area contributed by atoms with Crippen LogP contribution in [-0.4, -0.2) is 15.6 Å². The molecule has 0 saturated heterocycles. The molecule has 19 heavy (non-hydrogen) atoms. The highest BCUT2D eigenvalue weighted by Gasteiger charge is 2.23. The molecule has 2 aromatic rings. The number of aromatic nitrogens is 2. The topological polar surface area (TPSA) is 43.8 Å². The molecule has 2 N–H and O–H groups in total. The van der Waals surface area contributed by atoms with E-state index in [-0.39, 0.29) is 0 Å². The first-order valence-electron chi connectivity index (χ1n) is 7.17. The Bertz CT molecular complexity index is 518. The predicted octanol–water partition coefficient (Wildman–Crippen LogP) is 3.07. The average molecular weight is 255 g/mol. The average Bonchev–Trinajstić information content (AvgIpc) is 3.06. The van der Waals surface area contributed by atoms with Crippen molar-refractivity contribution in [1.82, 2.24) is 9.55 Å². The highest BCUT2D eigenvalue weighted by Crippen LogP contribution is 2.28. The fourth-order valence-electron chi connectivity index (χ4n) is 3.07. The molecule has 0 spiro atoms. The second-order valence-electron chi connectivity index (χ2n) is 5.45. The van der Waals surface area contributed by atoms with Gasteiger partial charge in [-0.15, -0.1) is 0 Å². The van der Waals surface area contributed by atoms with Gasteiger partial charge in [0.05, 0.1) is 0 Å². The van der Waals surface area contributed by atoms with Crippen molar-refractivity contribution in [1.29, 1.82) is 0 Å². The third-order valence-electron chi connectivity index (χ3n) is 4.21. The molecule has 2 unspecified atom stereocenters. The van der Waals surface area contributed by atoms with Gasteiger partial charge >= 0.3 is 0 Å². The molecule has 0 aliphatic heterocycles. The normalized spacial score (nSPS) is 22.8. The lowest BCUT2D eigenvalue weighted by Crippen LogP contribution is -2.25. The monoisotopic (exact) mass is 255 g/mol. The van der Waals surface area contributed by atoms with Gasteiger partial charge in [0, 0.05) is 30.5 Å². The van der Waals surface area contributed by atoms with Crippen LogP contribution in [0.1, 0.15) is 25.7 Å². The number of aryl methyl sites for hydroxylation is 1. The molecule has 100 valence electrons. The van der Waals surface area contributed by atoms with E-state index in [1.165, 1.54) is 24.8 Å². The van der Waals surface area contributed by atoms with Crippen LogP contribution in [-0.2, 0) is 6.54 Å². The largest absolute Gasteiger partial charge is 0.331 e. The van der Waals surface area contributed by atoms with Crippen LogP contribution in [0.5, 0.6) is 0 Å². The van der Waals surface area contributed by atoms with Crippen molar-refractivity contribution in [2.75, 3.05) is 0 Å². The van der Waals surface area contributed by atoms with E-state index in [4.69, 9.17) is 5.73 Å². The number of benzene rings is 1. The van der Waals surface area contributed by atoms with Gasteiger partial charge in [0.1, 0.15) is 5.82 Å². The Morgan fingerprint density at radius 3 is 2.79 bits per heavy atom. The Kier molecular flexibility index (Phi) is 3.65. The zero-order valence-electron chi connectivity index (χ0n) is 11.2. The maximum Gasteiger partial charge on any atom is 0.139 e. The molecule has 0 bridgehead atoms. The Morgan fingerprint density at radius 1 is 1.21 bits per heavy atom. The number of nitrogens with zero attached hydrogens (tertiary/aromatic N) is 2. The molecule has 1 saturated carbocycles. The fourth-order valence-corrected chi connectivity index (χ4v) is 3.07. The van der Waals surface area contributed by atoms with E-state index in [2.05, 4.69) is 40.0 Å². The van der Waals surface area contributed by atoms with Gasteiger partial charge in [-0.1, -0.05) is 36.8 Å². The standard InChI is InChI=1S/C16H21N3/c17-15-8-4-7-13(15)9-11-19-12-10-18-16(19)14-5-2-1-3-6-14/h1-3,5-6,10,12-13,15H,4,7-9,11,17H2. The van der Waals surface area contributed by atoms with Gasteiger partial charge in [-0.05, 0) is 25.2 Å². The van der Waals surface area contributed by atoms with Crippen LogP contribution in [0.2, 0.25) is 0 Å². The van der Waals surface area contributed by atoms with Crippen LogP contribution in [0.25, 0.3) is 11.4 Å². The summed E-state index contributed by atoms with van der Waals surface area (Å²) in [6.45, 7) is 1.02. The van der Waals surface area contributed by atoms with Crippen molar-refractivity contribution in [2.24, 2.45) is 11.7 Å². The molecule has 0 radical (unpaired) electrons. The third-order valence-corrected chi connectivity index (χ3v) is 4.21. The SMILES string of the molecule is NC1CCCC1CCn1ccnc1-c1ccccc1. The lowest BCUT2D eigenvalue weighted by atomic mass is 10.0. The van der Waals surface area contributed by atoms with Gasteiger partial charge in [-0.25, -0.2) is 4.98 Å². The first-order valence-corrected chi connectivity index (χ1v) is 7.17. The van der Waals surface area contributed by atoms with Crippen molar-refractivity contribution in [3.8, 4) is 11.4 Å². The minimum Gasteiger partial charge on any atom is -0.331 e. The van der Waals surface area contributed by atoms with Crippen molar-refractivity contribution < 1.29 is 0 Å². The second-order valence-corrected chi connectivity index (χ2v) is 5.45. The van der Waals surface area contributed by atoms with E-state index >= 15 is 0 Å². The molecule has 1 aromatic heterocycles. The van der Waals surface area contributed by atoms with Crippen LogP contribution in [0, 0.1) is 5.92 Å². The summed E-state index contributed by atoms with van der Waals surface area (Å²) in [5.74, 6) is 1.75. The molecular weight excluding hydrogens is 234 g/mol. The summed E-state index contributed by atoms with van der Waals surface area (Å²) in [6.07, 6.45) is 8.90. The van der Waals surface area contributed by atoms with Crippen LogP contribution in [0.15, 0.2) is 42.7 Å². The summed E-state index contributed by atoms with van der Waals surface area (Å²) in [6, 6.07) is 10.8. The lowest BCUT2D eigenvalue weighted by Gasteiger charge is -2.16. The van der Waals surface area contributed by atoms with Crippen LogP contribution in [0.3, 0.4) is 0 Å². The van der Waals surface area contributed by atoms with E-state index in [1.807, 2.05) is 12.3 Å². The first-order chi connectivity index (χ1) is 9.34. The molecule has 0 amide bonds. The highest BCUT2D eigenvalue weighted by molar-refractivity contribution is 5.55. The maximum absolute atomic E-state index is 6.14. The molecule has 1 aromatic carbocycles. The van der Waals surface area contributed by atoms with Crippen molar-refractivity contribution >= 4 is 0 Å². The molecule has 3 nitrogen and oxygen atoms in total. The van der Waals surface area contributed by atoms with Gasteiger partial charge in [0.25, 0.3) is 0 Å². The minimum atomic E-state index is 0.406. The second kappa shape index (κ2) is 5.57. The van der Waals surface area contributed by atoms with Crippen LogP contribution < -0.4 is 5.73 Å². The van der Waals surface area contributed by atoms with Crippen LogP contribution in [0.4, 0.5) is 0 Å². The van der Waals surface area contributed by atoms with Crippen molar-refractivity contribution in [2.45, 2.75) is 38.3 Å². The van der Waals surface area contributed by atoms with E-state index in [9.17, 15) is 0 Å². The first kappa shape index (κ1) is 12.4. The van der Waals surface area contributed by atoms with E-state index in [1.54, 1.807) is 0 Å². The summed E-state index contributed by atoms with van der Waals surface area (Å²) in [4.78, 5) is 4.48. The van der Waals surface area contributed by atoms with Gasteiger partial charge in [0.2, 0.25) is 0 Å². The quantitative estimate of drug-likeness (QED) is 0.912.